The Morgan fingerprint density at radius 3 is 2.40 bits per heavy atom. The summed E-state index contributed by atoms with van der Waals surface area (Å²) in [5.74, 6) is 3.64. The fourth-order valence-corrected chi connectivity index (χ4v) is 9.33. The van der Waals surface area contributed by atoms with Crippen LogP contribution < -0.4 is 0 Å². The van der Waals surface area contributed by atoms with E-state index >= 15 is 0 Å². The zero-order chi connectivity index (χ0) is 21.7. The maximum absolute atomic E-state index is 12.7. The van der Waals surface area contributed by atoms with Gasteiger partial charge in [0.25, 0.3) is 0 Å². The topological polar surface area (TPSA) is 57.5 Å². The maximum Gasteiger partial charge on any atom is 0.310 e. The van der Waals surface area contributed by atoms with Gasteiger partial charge in [0.05, 0.1) is 11.5 Å². The highest BCUT2D eigenvalue weighted by molar-refractivity contribution is 5.76. The number of rotatable bonds is 6. The summed E-state index contributed by atoms with van der Waals surface area (Å²) in [6, 6.07) is 0. The van der Waals surface area contributed by atoms with Crippen LogP contribution in [0.1, 0.15) is 105 Å². The van der Waals surface area contributed by atoms with E-state index in [0.717, 1.165) is 43.4 Å². The van der Waals surface area contributed by atoms with Crippen molar-refractivity contribution < 1.29 is 15.0 Å². The molecule has 0 spiro atoms. The first kappa shape index (κ1) is 22.6. The predicted molar refractivity (Wildman–Crippen MR) is 121 cm³/mol. The maximum atomic E-state index is 12.7. The fraction of sp³-hybridized carbons (Fsp3) is 0.963. The van der Waals surface area contributed by atoms with Crippen molar-refractivity contribution in [2.24, 2.45) is 52.3 Å². The molecule has 30 heavy (non-hydrogen) atoms. The van der Waals surface area contributed by atoms with Gasteiger partial charge in [-0.05, 0) is 105 Å². The number of aliphatic carboxylic acids is 1. The van der Waals surface area contributed by atoms with Crippen molar-refractivity contribution in [3.05, 3.63) is 0 Å². The summed E-state index contributed by atoms with van der Waals surface area (Å²) in [5, 5.41) is 20.9. The minimum Gasteiger partial charge on any atom is -0.481 e. The number of hydrogen-bond donors (Lipinski definition) is 2. The molecule has 4 aliphatic rings. The van der Waals surface area contributed by atoms with Gasteiger partial charge in [-0.3, -0.25) is 4.79 Å². The van der Waals surface area contributed by atoms with Crippen LogP contribution in [0.15, 0.2) is 0 Å². The van der Waals surface area contributed by atoms with Crippen molar-refractivity contribution in [1.29, 1.82) is 0 Å². The van der Waals surface area contributed by atoms with Crippen LogP contribution in [-0.4, -0.2) is 22.3 Å². The van der Waals surface area contributed by atoms with Gasteiger partial charge in [-0.25, -0.2) is 0 Å². The van der Waals surface area contributed by atoms with Gasteiger partial charge < -0.3 is 10.2 Å². The third-order valence-corrected chi connectivity index (χ3v) is 10.7. The quantitative estimate of drug-likeness (QED) is 0.515. The van der Waals surface area contributed by atoms with Gasteiger partial charge in [0.2, 0.25) is 0 Å². The summed E-state index contributed by atoms with van der Waals surface area (Å²) in [5.41, 5.74) is -0.249. The number of fused-ring (bicyclic) bond motifs is 5. The molecule has 0 aromatic rings. The monoisotopic (exact) mass is 418 g/mol. The molecule has 0 amide bonds. The van der Waals surface area contributed by atoms with Crippen molar-refractivity contribution in [2.45, 2.75) is 111 Å². The Labute approximate surface area is 184 Å². The van der Waals surface area contributed by atoms with E-state index in [0.29, 0.717) is 23.7 Å². The first-order chi connectivity index (χ1) is 14.2. The van der Waals surface area contributed by atoms with E-state index in [-0.39, 0.29) is 11.8 Å². The average Bonchev–Trinajstić information content (AvgIpc) is 3.04. The summed E-state index contributed by atoms with van der Waals surface area (Å²) in [7, 11) is 0. The van der Waals surface area contributed by atoms with Crippen molar-refractivity contribution in [3.63, 3.8) is 0 Å². The zero-order valence-corrected chi connectivity index (χ0v) is 19.9. The molecule has 3 heteroatoms. The third kappa shape index (κ3) is 3.55. The van der Waals surface area contributed by atoms with Crippen LogP contribution in [-0.2, 0) is 4.79 Å². The Morgan fingerprint density at radius 1 is 0.967 bits per heavy atom. The van der Waals surface area contributed by atoms with Gasteiger partial charge in [0.15, 0.2) is 0 Å². The van der Waals surface area contributed by atoms with E-state index in [1.807, 2.05) is 0 Å². The molecule has 0 aromatic carbocycles. The Morgan fingerprint density at radius 2 is 1.70 bits per heavy atom. The molecule has 3 nitrogen and oxygen atoms in total. The molecule has 0 saturated heterocycles. The largest absolute Gasteiger partial charge is 0.481 e. The summed E-state index contributed by atoms with van der Waals surface area (Å²) in [6.07, 6.45) is 13.1. The molecule has 0 unspecified atom stereocenters. The van der Waals surface area contributed by atoms with E-state index in [2.05, 4.69) is 27.7 Å². The van der Waals surface area contributed by atoms with E-state index in [1.54, 1.807) is 0 Å². The highest BCUT2D eigenvalue weighted by Gasteiger charge is 2.64. The molecular weight excluding hydrogens is 372 g/mol. The Bertz CT molecular complexity index is 630. The second-order valence-electron chi connectivity index (χ2n) is 12.5. The molecule has 9 atom stereocenters. The lowest BCUT2D eigenvalue weighted by molar-refractivity contribution is -0.186. The molecule has 2 N–H and O–H groups in total. The second-order valence-corrected chi connectivity index (χ2v) is 12.5. The number of carboxylic acids is 1. The van der Waals surface area contributed by atoms with E-state index in [9.17, 15) is 15.0 Å². The molecular formula is C27H46O3. The Balaban J connectivity index is 1.53. The van der Waals surface area contributed by atoms with E-state index in [4.69, 9.17) is 0 Å². The second kappa shape index (κ2) is 8.41. The first-order valence-corrected chi connectivity index (χ1v) is 13.1. The van der Waals surface area contributed by atoms with Crippen molar-refractivity contribution in [2.75, 3.05) is 0 Å². The van der Waals surface area contributed by atoms with Gasteiger partial charge in [-0.2, -0.15) is 0 Å². The smallest absolute Gasteiger partial charge is 0.310 e. The fourth-order valence-electron chi connectivity index (χ4n) is 9.33. The Hall–Kier alpha value is -0.570. The normalized spacial score (nSPS) is 46.7. The highest BCUT2D eigenvalue weighted by atomic mass is 16.4. The van der Waals surface area contributed by atoms with Crippen LogP contribution in [0.25, 0.3) is 0 Å². The van der Waals surface area contributed by atoms with Gasteiger partial charge in [0, 0.05) is 0 Å². The van der Waals surface area contributed by atoms with Gasteiger partial charge in [-0.15, -0.1) is 0 Å². The van der Waals surface area contributed by atoms with Crippen LogP contribution in [0.5, 0.6) is 0 Å². The molecule has 0 heterocycles. The number of carboxylic acid groups (broad SMARTS) is 1. The number of hydrogen-bond acceptors (Lipinski definition) is 2. The third-order valence-electron chi connectivity index (χ3n) is 10.7. The number of aliphatic hydroxyl groups excluding tert-OH is 1. The van der Waals surface area contributed by atoms with Crippen molar-refractivity contribution in [1.82, 2.24) is 0 Å². The van der Waals surface area contributed by atoms with Crippen molar-refractivity contribution in [3.8, 4) is 0 Å². The molecule has 0 aliphatic heterocycles. The van der Waals surface area contributed by atoms with Crippen LogP contribution in [0.3, 0.4) is 0 Å². The summed E-state index contributed by atoms with van der Waals surface area (Å²) in [4.78, 5) is 12.7. The standard InChI is InChI=1S/C27H46O3/c1-17(2)6-5-7-18(3)22-12-13-23-21-11-9-19-8-10-20(28)16-27(19,25(29)30)24(21)14-15-26(22,23)4/h17-24,28H,5-16H2,1-4H3,(H,29,30)/t18-,19-,20-,21+,22-,23+,24+,26-,27-/m1/s1. The summed E-state index contributed by atoms with van der Waals surface area (Å²) in [6.45, 7) is 9.73. The lowest BCUT2D eigenvalue weighted by Gasteiger charge is -2.60. The van der Waals surface area contributed by atoms with Gasteiger partial charge in [-0.1, -0.05) is 47.0 Å². The average molecular weight is 419 g/mol. The van der Waals surface area contributed by atoms with Gasteiger partial charge in [0.1, 0.15) is 0 Å². The van der Waals surface area contributed by atoms with Gasteiger partial charge >= 0.3 is 5.97 Å². The minimum atomic E-state index is -0.650. The first-order valence-electron chi connectivity index (χ1n) is 13.1. The van der Waals surface area contributed by atoms with Crippen LogP contribution in [0.2, 0.25) is 0 Å². The molecule has 0 bridgehead atoms. The van der Waals surface area contributed by atoms with Crippen LogP contribution >= 0.6 is 0 Å². The summed E-state index contributed by atoms with van der Waals surface area (Å²) >= 11 is 0. The lowest BCUT2D eigenvalue weighted by atomic mass is 9.43. The lowest BCUT2D eigenvalue weighted by Crippen LogP contribution is -2.59. The van der Waals surface area contributed by atoms with E-state index < -0.39 is 17.5 Å². The highest BCUT2D eigenvalue weighted by Crippen LogP contribution is 2.68. The molecule has 4 fully saturated rings. The molecule has 172 valence electrons. The SMILES string of the molecule is CC(C)CCC[C@@H](C)[C@H]1CC[C@H]2[C@@H]3CC[C@H]4CC[C@@H](O)C[C@]4(C(=O)O)[C@H]3CC[C@]12C. The van der Waals surface area contributed by atoms with Crippen molar-refractivity contribution >= 4 is 5.97 Å². The number of aliphatic hydroxyl groups is 1. The van der Waals surface area contributed by atoms with Crippen LogP contribution in [0, 0.1) is 52.3 Å². The Kier molecular flexibility index (Phi) is 6.34. The van der Waals surface area contributed by atoms with E-state index in [1.165, 1.54) is 44.9 Å². The zero-order valence-electron chi connectivity index (χ0n) is 19.9. The van der Waals surface area contributed by atoms with Crippen LogP contribution in [0.4, 0.5) is 0 Å². The molecule has 4 rings (SSSR count). The minimum absolute atomic E-state index is 0.288. The molecule has 4 saturated carbocycles. The molecule has 0 radical (unpaired) electrons. The number of carbonyl (C=O) groups is 1. The molecule has 0 aromatic heterocycles. The molecule has 4 aliphatic carbocycles. The predicted octanol–water partition coefficient (Wildman–Crippen LogP) is 6.53. The summed E-state index contributed by atoms with van der Waals surface area (Å²) < 4.78 is 0.